The summed E-state index contributed by atoms with van der Waals surface area (Å²) in [5.74, 6) is 0. The number of nitrogens with zero attached hydrogens (tertiary/aromatic N) is 1. The quantitative estimate of drug-likeness (QED) is 0.728. The fourth-order valence-corrected chi connectivity index (χ4v) is 1.86. The molecule has 0 aromatic heterocycles. The summed E-state index contributed by atoms with van der Waals surface area (Å²) in [5, 5.41) is 0. The van der Waals surface area contributed by atoms with Crippen LogP contribution in [0.3, 0.4) is 0 Å². The van der Waals surface area contributed by atoms with Crippen molar-refractivity contribution in [2.75, 3.05) is 11.9 Å². The Balaban J connectivity index is 2.25. The van der Waals surface area contributed by atoms with Gasteiger partial charge in [0.2, 0.25) is 0 Å². The average molecular weight is 225 g/mol. The van der Waals surface area contributed by atoms with Crippen molar-refractivity contribution in [1.82, 2.24) is 0 Å². The second-order valence-corrected chi connectivity index (χ2v) is 4.61. The number of allylic oxidation sites excluding steroid dienone is 5. The van der Waals surface area contributed by atoms with Crippen LogP contribution in [0.2, 0.25) is 0 Å². The minimum atomic E-state index is 1.04. The first kappa shape index (κ1) is 11.7. The zero-order chi connectivity index (χ0) is 12.3. The van der Waals surface area contributed by atoms with Gasteiger partial charge < -0.3 is 4.90 Å². The number of rotatable bonds is 2. The van der Waals surface area contributed by atoms with E-state index < -0.39 is 0 Å². The fraction of sp³-hybridized carbons (Fsp3) is 0.250. The molecule has 17 heavy (non-hydrogen) atoms. The molecular formula is C16H19N. The van der Waals surface area contributed by atoms with Crippen molar-refractivity contribution < 1.29 is 0 Å². The lowest BCUT2D eigenvalue weighted by atomic mass is 10.2. The maximum absolute atomic E-state index is 2.22. The van der Waals surface area contributed by atoms with E-state index in [0.717, 1.165) is 6.42 Å². The summed E-state index contributed by atoms with van der Waals surface area (Å²) in [6, 6.07) is 8.61. The Bertz CT molecular complexity index is 475. The van der Waals surface area contributed by atoms with Gasteiger partial charge >= 0.3 is 0 Å². The molecule has 1 aliphatic carbocycles. The smallest absolute Gasteiger partial charge is 0.0408 e. The molecular weight excluding hydrogens is 206 g/mol. The Labute approximate surface area is 104 Å². The predicted molar refractivity (Wildman–Crippen MR) is 75.2 cm³/mol. The highest BCUT2D eigenvalue weighted by molar-refractivity contribution is 5.55. The highest BCUT2D eigenvalue weighted by Gasteiger charge is 2.04. The van der Waals surface area contributed by atoms with Crippen molar-refractivity contribution >= 4 is 5.69 Å². The molecule has 0 N–H and O–H groups in total. The van der Waals surface area contributed by atoms with Gasteiger partial charge in [0.05, 0.1) is 0 Å². The molecule has 1 aromatic carbocycles. The predicted octanol–water partition coefficient (Wildman–Crippen LogP) is 4.22. The van der Waals surface area contributed by atoms with Crippen LogP contribution in [0.4, 0.5) is 5.69 Å². The molecule has 0 spiro atoms. The number of aryl methyl sites for hydroxylation is 1. The summed E-state index contributed by atoms with van der Waals surface area (Å²) < 4.78 is 0. The highest BCUT2D eigenvalue weighted by Crippen LogP contribution is 2.20. The van der Waals surface area contributed by atoms with Crippen LogP contribution in [0.5, 0.6) is 0 Å². The molecule has 0 aliphatic heterocycles. The van der Waals surface area contributed by atoms with E-state index in [1.54, 1.807) is 0 Å². The average Bonchev–Trinajstić information content (AvgIpc) is 2.54. The van der Waals surface area contributed by atoms with Gasteiger partial charge in [0.15, 0.2) is 0 Å². The van der Waals surface area contributed by atoms with Crippen molar-refractivity contribution in [3.05, 3.63) is 65.4 Å². The molecule has 1 aromatic rings. The SMILES string of the molecule is CC1=CC=C(N(C)c2ccc(C)cc2)C=CC1. The van der Waals surface area contributed by atoms with Gasteiger partial charge in [-0.05, 0) is 44.6 Å². The molecule has 0 unspecified atom stereocenters. The van der Waals surface area contributed by atoms with E-state index in [9.17, 15) is 0 Å². The Hall–Kier alpha value is -1.76. The standard InChI is InChI=1S/C16H19N/c1-13-5-4-6-15(10-7-13)17(3)16-11-8-14(2)9-12-16/h4,6-12H,5H2,1-3H3. The van der Waals surface area contributed by atoms with Crippen molar-refractivity contribution in [2.24, 2.45) is 0 Å². The molecule has 0 bridgehead atoms. The van der Waals surface area contributed by atoms with Crippen LogP contribution < -0.4 is 4.90 Å². The Morgan fingerprint density at radius 1 is 1.00 bits per heavy atom. The van der Waals surface area contributed by atoms with Gasteiger partial charge in [-0.2, -0.15) is 0 Å². The molecule has 0 heterocycles. The van der Waals surface area contributed by atoms with E-state index in [2.05, 4.69) is 74.4 Å². The lowest BCUT2D eigenvalue weighted by Gasteiger charge is -2.20. The van der Waals surface area contributed by atoms with Crippen molar-refractivity contribution in [1.29, 1.82) is 0 Å². The molecule has 0 radical (unpaired) electrons. The van der Waals surface area contributed by atoms with Crippen molar-refractivity contribution in [3.63, 3.8) is 0 Å². The minimum absolute atomic E-state index is 1.04. The molecule has 2 rings (SSSR count). The van der Waals surface area contributed by atoms with Gasteiger partial charge in [-0.1, -0.05) is 35.4 Å². The molecule has 1 heteroatoms. The van der Waals surface area contributed by atoms with Crippen molar-refractivity contribution in [2.45, 2.75) is 20.3 Å². The normalized spacial score (nSPS) is 15.0. The Morgan fingerprint density at radius 2 is 1.71 bits per heavy atom. The van der Waals surface area contributed by atoms with Crippen LogP contribution in [-0.4, -0.2) is 7.05 Å². The largest absolute Gasteiger partial charge is 0.345 e. The monoisotopic (exact) mass is 225 g/mol. The lowest BCUT2D eigenvalue weighted by Crippen LogP contribution is -2.14. The van der Waals surface area contributed by atoms with Crippen LogP contribution in [0.1, 0.15) is 18.9 Å². The second-order valence-electron chi connectivity index (χ2n) is 4.61. The molecule has 0 fully saturated rings. The van der Waals surface area contributed by atoms with Crippen molar-refractivity contribution in [3.8, 4) is 0 Å². The van der Waals surface area contributed by atoms with Gasteiger partial charge in [-0.3, -0.25) is 0 Å². The van der Waals surface area contributed by atoms with E-state index >= 15 is 0 Å². The number of hydrogen-bond acceptors (Lipinski definition) is 1. The van der Waals surface area contributed by atoms with Gasteiger partial charge in [0.25, 0.3) is 0 Å². The summed E-state index contributed by atoms with van der Waals surface area (Å²) in [6.07, 6.45) is 9.82. The van der Waals surface area contributed by atoms with E-state index in [1.807, 2.05) is 0 Å². The number of hydrogen-bond donors (Lipinski definition) is 0. The number of benzene rings is 1. The summed E-state index contributed by atoms with van der Waals surface area (Å²) in [5.41, 5.74) is 5.14. The molecule has 0 atom stereocenters. The van der Waals surface area contributed by atoms with Crippen LogP contribution in [0.15, 0.2) is 59.8 Å². The second kappa shape index (κ2) is 5.05. The molecule has 0 amide bonds. The zero-order valence-corrected chi connectivity index (χ0v) is 10.8. The van der Waals surface area contributed by atoms with E-state index in [0.29, 0.717) is 0 Å². The zero-order valence-electron chi connectivity index (χ0n) is 10.8. The molecule has 1 nitrogen and oxygen atoms in total. The van der Waals surface area contributed by atoms with Crippen LogP contribution in [-0.2, 0) is 0 Å². The van der Waals surface area contributed by atoms with E-state index in [4.69, 9.17) is 0 Å². The third-order valence-electron chi connectivity index (χ3n) is 3.08. The van der Waals surface area contributed by atoms with Crippen LogP contribution in [0, 0.1) is 6.92 Å². The Morgan fingerprint density at radius 3 is 2.41 bits per heavy atom. The van der Waals surface area contributed by atoms with Gasteiger partial charge in [0.1, 0.15) is 0 Å². The van der Waals surface area contributed by atoms with Gasteiger partial charge in [-0.25, -0.2) is 0 Å². The minimum Gasteiger partial charge on any atom is -0.345 e. The van der Waals surface area contributed by atoms with Crippen LogP contribution in [0.25, 0.3) is 0 Å². The maximum Gasteiger partial charge on any atom is 0.0408 e. The number of likely N-dealkylation sites (N-methyl/N-ethyl adjacent to an activating group) is 1. The first-order chi connectivity index (χ1) is 8.16. The summed E-state index contributed by atoms with van der Waals surface area (Å²) >= 11 is 0. The number of anilines is 1. The van der Waals surface area contributed by atoms with E-state index in [-0.39, 0.29) is 0 Å². The van der Waals surface area contributed by atoms with Gasteiger partial charge in [0, 0.05) is 18.4 Å². The fourth-order valence-electron chi connectivity index (χ4n) is 1.86. The van der Waals surface area contributed by atoms with E-state index in [1.165, 1.54) is 22.5 Å². The van der Waals surface area contributed by atoms with Crippen LogP contribution >= 0.6 is 0 Å². The maximum atomic E-state index is 2.22. The molecule has 88 valence electrons. The first-order valence-corrected chi connectivity index (χ1v) is 6.01. The summed E-state index contributed by atoms with van der Waals surface area (Å²) in [7, 11) is 2.11. The third kappa shape index (κ3) is 2.88. The third-order valence-corrected chi connectivity index (χ3v) is 3.08. The topological polar surface area (TPSA) is 3.24 Å². The molecule has 1 aliphatic rings. The molecule has 0 saturated heterocycles. The molecule has 0 saturated carbocycles. The summed E-state index contributed by atoms with van der Waals surface area (Å²) in [4.78, 5) is 2.21. The first-order valence-electron chi connectivity index (χ1n) is 6.01. The lowest BCUT2D eigenvalue weighted by molar-refractivity contribution is 1.13. The van der Waals surface area contributed by atoms with Gasteiger partial charge in [-0.15, -0.1) is 0 Å². The highest BCUT2D eigenvalue weighted by atomic mass is 15.1. The Kier molecular flexibility index (Phi) is 3.48. The summed E-state index contributed by atoms with van der Waals surface area (Å²) in [6.45, 7) is 4.27.